The summed E-state index contributed by atoms with van der Waals surface area (Å²) in [5.74, 6) is 1.60. The Bertz CT molecular complexity index is 1800. The topological polar surface area (TPSA) is 129 Å². The average Bonchev–Trinajstić information content (AvgIpc) is 3.78. The first kappa shape index (κ1) is 27.4. The van der Waals surface area contributed by atoms with Gasteiger partial charge in [0.2, 0.25) is 0 Å². The van der Waals surface area contributed by atoms with Gasteiger partial charge in [0.25, 0.3) is 5.56 Å². The molecular weight excluding hydrogens is 530 g/mol. The summed E-state index contributed by atoms with van der Waals surface area (Å²) in [5.41, 5.74) is 11.6. The van der Waals surface area contributed by atoms with E-state index in [1.165, 1.54) is 0 Å². The number of nitrogens with one attached hydrogen (secondary N) is 1. The molecule has 1 saturated carbocycles. The number of hydrogen-bond donors (Lipinski definition) is 2. The second-order valence-corrected chi connectivity index (χ2v) is 10.6. The van der Waals surface area contributed by atoms with Gasteiger partial charge in [-0.3, -0.25) is 24.6 Å². The smallest absolute Gasteiger partial charge is 0.439 e. The Morgan fingerprint density at radius 2 is 1.69 bits per heavy atom. The number of nitrogens with zero attached hydrogens (tertiary/aromatic N) is 3. The number of nitrogens with two attached hydrogens (primary N) is 1. The molecule has 0 aliphatic heterocycles. The number of aromatic nitrogens is 4. The molecular formula is C33H33N5O4. The lowest BCUT2D eigenvalue weighted by Crippen LogP contribution is -2.29. The molecule has 1 aliphatic carbocycles. The lowest BCUT2D eigenvalue weighted by Gasteiger charge is -2.18. The molecule has 2 heterocycles. The van der Waals surface area contributed by atoms with Gasteiger partial charge in [-0.1, -0.05) is 79.2 Å². The molecule has 1 fully saturated rings. The minimum atomic E-state index is -0.597. The summed E-state index contributed by atoms with van der Waals surface area (Å²) in [5, 5.41) is 3.86. The second-order valence-electron chi connectivity index (χ2n) is 10.6. The summed E-state index contributed by atoms with van der Waals surface area (Å²) >= 11 is 0. The van der Waals surface area contributed by atoms with Gasteiger partial charge in [0, 0.05) is 17.9 Å². The van der Waals surface area contributed by atoms with Gasteiger partial charge < -0.3 is 4.74 Å². The van der Waals surface area contributed by atoms with Gasteiger partial charge in [-0.05, 0) is 53.6 Å². The minimum Gasteiger partial charge on any atom is -0.479 e. The van der Waals surface area contributed by atoms with Crippen molar-refractivity contribution in [3.05, 3.63) is 111 Å². The summed E-state index contributed by atoms with van der Waals surface area (Å²) < 4.78 is 12.0. The number of H-pyrrole nitrogens is 1. The number of ether oxygens (including phenoxy) is 1. The quantitative estimate of drug-likeness (QED) is 0.204. The van der Waals surface area contributed by atoms with Gasteiger partial charge in [0.1, 0.15) is 18.3 Å². The van der Waals surface area contributed by atoms with Crippen molar-refractivity contribution in [3.8, 4) is 39.4 Å². The maximum atomic E-state index is 14.2. The molecule has 0 bridgehead atoms. The van der Waals surface area contributed by atoms with E-state index in [-0.39, 0.29) is 12.3 Å². The van der Waals surface area contributed by atoms with E-state index in [0.29, 0.717) is 29.6 Å². The number of rotatable bonds is 11. The highest BCUT2D eigenvalue weighted by Crippen LogP contribution is 2.42. The van der Waals surface area contributed by atoms with E-state index in [1.54, 1.807) is 0 Å². The van der Waals surface area contributed by atoms with Crippen LogP contribution in [-0.4, -0.2) is 26.4 Å². The number of unbranched alkanes of at least 4 members (excludes halogenated alkanes) is 1. The molecule has 42 heavy (non-hydrogen) atoms. The van der Waals surface area contributed by atoms with Crippen molar-refractivity contribution in [2.24, 2.45) is 5.73 Å². The molecule has 0 saturated heterocycles. The maximum absolute atomic E-state index is 14.2. The zero-order valence-corrected chi connectivity index (χ0v) is 23.5. The largest absolute Gasteiger partial charge is 0.479 e. The van der Waals surface area contributed by atoms with Gasteiger partial charge in [-0.2, -0.15) is 0 Å². The van der Waals surface area contributed by atoms with Gasteiger partial charge in [-0.25, -0.2) is 9.78 Å². The van der Waals surface area contributed by atoms with Gasteiger partial charge in [-0.15, -0.1) is 0 Å². The van der Waals surface area contributed by atoms with Gasteiger partial charge in [0.05, 0.1) is 17.8 Å². The lowest BCUT2D eigenvalue weighted by molar-refractivity contribution is 0.330. The summed E-state index contributed by atoms with van der Waals surface area (Å²) in [6.07, 6.45) is 4.83. The minimum absolute atomic E-state index is 0.0186. The Balaban J connectivity index is 1.37. The molecule has 2 aromatic heterocycles. The standard InChI is InChI=1S/C33H33N5O4/c1-2-3-8-28-35-30(24-13-14-24)29(23-15-17-25(18-16-23)41-20-34)32(39)38(28)19-21-9-11-22(12-10-21)26-6-4-5-7-27(26)31-36-33(40)42-37-31/h4-7,9-12,15-18,24H,2-3,8,13-14,19-20,34H2,1H3,(H,36,37,40). The van der Waals surface area contributed by atoms with Crippen LogP contribution >= 0.6 is 0 Å². The van der Waals surface area contributed by atoms with Crippen LogP contribution in [0.25, 0.3) is 33.6 Å². The molecule has 1 aliphatic rings. The molecule has 0 atom stereocenters. The summed E-state index contributed by atoms with van der Waals surface area (Å²) in [4.78, 5) is 33.6. The van der Waals surface area contributed by atoms with Crippen LogP contribution in [0.15, 0.2) is 86.9 Å². The van der Waals surface area contributed by atoms with Crippen molar-refractivity contribution >= 4 is 0 Å². The van der Waals surface area contributed by atoms with E-state index in [0.717, 1.165) is 71.4 Å². The molecule has 0 radical (unpaired) electrons. The molecule has 0 spiro atoms. The maximum Gasteiger partial charge on any atom is 0.439 e. The van der Waals surface area contributed by atoms with Crippen LogP contribution in [0.2, 0.25) is 0 Å². The van der Waals surface area contributed by atoms with E-state index in [2.05, 4.69) is 17.1 Å². The number of benzene rings is 3. The molecule has 9 nitrogen and oxygen atoms in total. The molecule has 6 rings (SSSR count). The Labute approximate surface area is 243 Å². The third-order valence-electron chi connectivity index (χ3n) is 7.62. The Hall–Kier alpha value is -4.76. The molecule has 9 heteroatoms. The van der Waals surface area contributed by atoms with Crippen molar-refractivity contribution in [2.75, 3.05) is 6.73 Å². The third kappa shape index (κ3) is 5.69. The van der Waals surface area contributed by atoms with Crippen molar-refractivity contribution in [3.63, 3.8) is 0 Å². The van der Waals surface area contributed by atoms with Crippen molar-refractivity contribution < 1.29 is 9.26 Å². The van der Waals surface area contributed by atoms with Crippen LogP contribution in [0.1, 0.15) is 55.6 Å². The summed E-state index contributed by atoms with van der Waals surface area (Å²) in [7, 11) is 0. The number of aromatic amines is 1. The Kier molecular flexibility index (Phi) is 7.83. The molecule has 0 amide bonds. The monoisotopic (exact) mass is 563 g/mol. The number of aryl methyl sites for hydroxylation is 1. The van der Waals surface area contributed by atoms with Crippen molar-refractivity contribution in [2.45, 2.75) is 51.5 Å². The highest BCUT2D eigenvalue weighted by atomic mass is 16.5. The van der Waals surface area contributed by atoms with Crippen LogP contribution in [0.4, 0.5) is 0 Å². The predicted octanol–water partition coefficient (Wildman–Crippen LogP) is 5.48. The molecule has 214 valence electrons. The molecule has 0 unspecified atom stereocenters. The Morgan fingerprint density at radius 1 is 0.976 bits per heavy atom. The first-order valence-corrected chi connectivity index (χ1v) is 14.4. The van der Waals surface area contributed by atoms with E-state index >= 15 is 0 Å². The van der Waals surface area contributed by atoms with Crippen LogP contribution in [0, 0.1) is 0 Å². The normalized spacial score (nSPS) is 12.9. The summed E-state index contributed by atoms with van der Waals surface area (Å²) in [6.45, 7) is 2.65. The summed E-state index contributed by atoms with van der Waals surface area (Å²) in [6, 6.07) is 23.3. The SMILES string of the molecule is CCCCc1nc(C2CC2)c(-c2ccc(OCN)cc2)c(=O)n1Cc1ccc(-c2ccccc2-c2noc(=O)[nH]2)cc1. The predicted molar refractivity (Wildman–Crippen MR) is 161 cm³/mol. The molecule has 5 aromatic rings. The average molecular weight is 564 g/mol. The Morgan fingerprint density at radius 3 is 2.33 bits per heavy atom. The first-order valence-electron chi connectivity index (χ1n) is 14.4. The molecule has 3 N–H and O–H groups in total. The fraction of sp³-hybridized carbons (Fsp3) is 0.273. The zero-order chi connectivity index (χ0) is 29.1. The van der Waals surface area contributed by atoms with Gasteiger partial charge in [0.15, 0.2) is 5.82 Å². The van der Waals surface area contributed by atoms with E-state index in [1.807, 2.05) is 77.4 Å². The fourth-order valence-electron chi connectivity index (χ4n) is 5.30. The van der Waals surface area contributed by atoms with Gasteiger partial charge >= 0.3 is 5.76 Å². The fourth-order valence-corrected chi connectivity index (χ4v) is 5.30. The number of hydrogen-bond acceptors (Lipinski definition) is 7. The van der Waals surface area contributed by atoms with Crippen LogP contribution in [-0.2, 0) is 13.0 Å². The highest BCUT2D eigenvalue weighted by molar-refractivity contribution is 5.80. The third-order valence-corrected chi connectivity index (χ3v) is 7.62. The zero-order valence-electron chi connectivity index (χ0n) is 23.5. The van der Waals surface area contributed by atoms with Crippen molar-refractivity contribution in [1.29, 1.82) is 0 Å². The second kappa shape index (κ2) is 12.0. The highest BCUT2D eigenvalue weighted by Gasteiger charge is 2.31. The van der Waals surface area contributed by atoms with Crippen LogP contribution in [0.5, 0.6) is 5.75 Å². The first-order chi connectivity index (χ1) is 20.6. The van der Waals surface area contributed by atoms with Crippen LogP contribution < -0.4 is 21.8 Å². The van der Waals surface area contributed by atoms with Crippen LogP contribution in [0.3, 0.4) is 0 Å². The van der Waals surface area contributed by atoms with E-state index in [9.17, 15) is 9.59 Å². The van der Waals surface area contributed by atoms with E-state index in [4.69, 9.17) is 20.0 Å². The van der Waals surface area contributed by atoms with E-state index < -0.39 is 5.76 Å². The van der Waals surface area contributed by atoms with Crippen molar-refractivity contribution in [1.82, 2.24) is 19.7 Å². The molecule has 3 aromatic carbocycles. The lowest BCUT2D eigenvalue weighted by atomic mass is 9.98.